The summed E-state index contributed by atoms with van der Waals surface area (Å²) in [5.74, 6) is 0. The molecule has 18 aromatic rings. The maximum Gasteiger partial charge on any atom is 0.0462 e. The van der Waals surface area contributed by atoms with E-state index in [0.717, 1.165) is 101 Å². The molecule has 0 bridgehead atoms. The van der Waals surface area contributed by atoms with Crippen LogP contribution in [0.2, 0.25) is 0 Å². The molecule has 0 radical (unpaired) electrons. The van der Waals surface area contributed by atoms with Gasteiger partial charge in [-0.25, -0.2) is 0 Å². The van der Waals surface area contributed by atoms with Crippen molar-refractivity contribution in [2.45, 2.75) is 6.92 Å². The zero-order chi connectivity index (χ0) is 102. The molecule has 18 aromatic carbocycles. The molecule has 0 unspecified atom stereocenters. The van der Waals surface area contributed by atoms with Crippen molar-refractivity contribution in [1.29, 1.82) is 0 Å². The summed E-state index contributed by atoms with van der Waals surface area (Å²) < 4.78 is 0. The van der Waals surface area contributed by atoms with Gasteiger partial charge >= 0.3 is 0 Å². The van der Waals surface area contributed by atoms with Crippen LogP contribution >= 0.6 is 0 Å². The minimum absolute atomic E-state index is 1.09. The first kappa shape index (κ1) is 103. The fourth-order valence-electron chi connectivity index (χ4n) is 16.3. The van der Waals surface area contributed by atoms with Gasteiger partial charge in [0.2, 0.25) is 0 Å². The van der Waals surface area contributed by atoms with Gasteiger partial charge in [-0.15, -0.1) is 0 Å². The zero-order valence-electron chi connectivity index (χ0n) is 84.5. The number of benzene rings is 18. The summed E-state index contributed by atoms with van der Waals surface area (Å²) in [4.78, 5) is 6.90. The number of hydrogen-bond donors (Lipinski definition) is 0. The first-order chi connectivity index (χ1) is 74.3. The molecule has 0 N–H and O–H groups in total. The third-order valence-corrected chi connectivity index (χ3v) is 24.2. The van der Waals surface area contributed by atoms with Crippen LogP contribution in [0.25, 0.3) is 109 Å². The molecule has 3 nitrogen and oxygen atoms in total. The van der Waals surface area contributed by atoms with E-state index in [1.807, 2.05) is 97.1 Å². The lowest BCUT2D eigenvalue weighted by atomic mass is 10.1. The molecular formula is C147H121N3. The maximum absolute atomic E-state index is 2.30. The fraction of sp³-hybridized carbons (Fsp3) is 0.00680. The van der Waals surface area contributed by atoms with Crippen molar-refractivity contribution in [1.82, 2.24) is 0 Å². The van der Waals surface area contributed by atoms with Crippen molar-refractivity contribution in [3.8, 4) is 0 Å². The quantitative estimate of drug-likeness (QED) is 0.0284. The molecule has 0 spiro atoms. The SMILES string of the molecule is C(/C=C/c1ccc(N(c2ccc(/C=C/c3ccccc3)cc2)c2ccc(/C=C/c3ccccc3)cc2)cc1)=C\c1ccccc1.C(=C\C=C\c1ccc(N(c2ccc(/C=C/C=C/C=C/c3ccccc3)cc2)c2ccc(/C=C/c3ccccc3)cc2)cc1)/C=C/c1ccccc1.Cc1cccc(/C=C/C=C/c2ccc(N(c3ccc(/C=C/C=C/C=C/c4ccccc4)cc3)c3ccc(/C=C/C=C/C=C/c4ccccc4)cc3)cc2)c1. The summed E-state index contributed by atoms with van der Waals surface area (Å²) in [5.41, 5.74) is 32.2. The lowest BCUT2D eigenvalue weighted by molar-refractivity contribution is 1.28. The maximum atomic E-state index is 2.30. The van der Waals surface area contributed by atoms with Crippen LogP contribution in [0.4, 0.5) is 51.2 Å². The van der Waals surface area contributed by atoms with Gasteiger partial charge in [-0.05, 0) is 216 Å². The number of aryl methyl sites for hydroxylation is 1. The molecule has 0 saturated carbocycles. The van der Waals surface area contributed by atoms with E-state index in [1.165, 1.54) is 55.6 Å². The largest absolute Gasteiger partial charge is 0.311 e. The number of allylic oxidation sites excluding steroid dienone is 20. The van der Waals surface area contributed by atoms with Crippen molar-refractivity contribution >= 4 is 161 Å². The fourth-order valence-corrected chi connectivity index (χ4v) is 16.3. The van der Waals surface area contributed by atoms with E-state index >= 15 is 0 Å². The van der Waals surface area contributed by atoms with E-state index in [-0.39, 0.29) is 0 Å². The van der Waals surface area contributed by atoms with Gasteiger partial charge < -0.3 is 14.7 Å². The van der Waals surface area contributed by atoms with E-state index in [2.05, 4.69) is 641 Å². The number of nitrogens with zero attached hydrogens (tertiary/aromatic N) is 3. The molecule has 0 fully saturated rings. The monoisotopic (exact) mass is 1930 g/mol. The van der Waals surface area contributed by atoms with Crippen LogP contribution in [0.5, 0.6) is 0 Å². The molecule has 0 aliphatic rings. The van der Waals surface area contributed by atoms with Crippen LogP contribution in [-0.4, -0.2) is 0 Å². The lowest BCUT2D eigenvalue weighted by Gasteiger charge is -2.26. The molecule has 0 amide bonds. The van der Waals surface area contributed by atoms with Crippen molar-refractivity contribution in [2.75, 3.05) is 14.7 Å². The number of hydrogen-bond acceptors (Lipinski definition) is 3. The molecule has 150 heavy (non-hydrogen) atoms. The molecule has 0 saturated heterocycles. The summed E-state index contributed by atoms with van der Waals surface area (Å²) in [5, 5.41) is 0. The number of rotatable bonds is 37. The Morgan fingerprint density at radius 2 is 0.213 bits per heavy atom. The van der Waals surface area contributed by atoms with Crippen LogP contribution in [0, 0.1) is 6.92 Å². The Morgan fingerprint density at radius 3 is 0.360 bits per heavy atom. The van der Waals surface area contributed by atoms with Crippen molar-refractivity contribution in [2.24, 2.45) is 0 Å². The van der Waals surface area contributed by atoms with Gasteiger partial charge in [0.05, 0.1) is 0 Å². The van der Waals surface area contributed by atoms with E-state index in [9.17, 15) is 0 Å². The average molecular weight is 1930 g/mol. The van der Waals surface area contributed by atoms with Gasteiger partial charge in [-0.1, -0.05) is 613 Å². The highest BCUT2D eigenvalue weighted by atomic mass is 15.2. The summed E-state index contributed by atoms with van der Waals surface area (Å²) in [6, 6.07) is 170. The summed E-state index contributed by atoms with van der Waals surface area (Å²) in [6.07, 6.45) is 79.7. The topological polar surface area (TPSA) is 9.72 Å². The van der Waals surface area contributed by atoms with Gasteiger partial charge in [0.1, 0.15) is 0 Å². The second kappa shape index (κ2) is 58.2. The molecular weight excluding hydrogens is 1810 g/mol. The lowest BCUT2D eigenvalue weighted by Crippen LogP contribution is -2.09. The molecule has 3 heteroatoms. The second-order valence-corrected chi connectivity index (χ2v) is 35.4. The Balaban J connectivity index is 0.000000161. The Morgan fingerprint density at radius 1 is 0.100 bits per heavy atom. The Bertz CT molecular complexity index is 7460. The number of anilines is 9. The Kier molecular flexibility index (Phi) is 40.1. The first-order valence-corrected chi connectivity index (χ1v) is 50.9. The third-order valence-electron chi connectivity index (χ3n) is 24.2. The predicted molar refractivity (Wildman–Crippen MR) is 658 cm³/mol. The summed E-state index contributed by atoms with van der Waals surface area (Å²) >= 11 is 0. The molecule has 0 aliphatic heterocycles. The van der Waals surface area contributed by atoms with Crippen LogP contribution in [-0.2, 0) is 0 Å². The van der Waals surface area contributed by atoms with E-state index in [4.69, 9.17) is 0 Å². The molecule has 0 aliphatic carbocycles. The van der Waals surface area contributed by atoms with Crippen LogP contribution in [0.3, 0.4) is 0 Å². The Labute approximate surface area is 888 Å². The Hall–Kier alpha value is -19.6. The van der Waals surface area contributed by atoms with Crippen molar-refractivity contribution < 1.29 is 0 Å². The highest BCUT2D eigenvalue weighted by Gasteiger charge is 2.17. The van der Waals surface area contributed by atoms with E-state index in [0.29, 0.717) is 0 Å². The molecule has 724 valence electrons. The van der Waals surface area contributed by atoms with Gasteiger partial charge in [-0.2, -0.15) is 0 Å². The normalized spacial score (nSPS) is 12.1. The second-order valence-electron chi connectivity index (χ2n) is 35.4. The van der Waals surface area contributed by atoms with Crippen LogP contribution in [0.1, 0.15) is 106 Å². The molecule has 18 rings (SSSR count). The van der Waals surface area contributed by atoms with E-state index in [1.54, 1.807) is 0 Å². The van der Waals surface area contributed by atoms with Crippen molar-refractivity contribution in [3.05, 3.63) is 713 Å². The average Bonchev–Trinajstić information content (AvgIpc) is 0.810. The third kappa shape index (κ3) is 34.6. The minimum Gasteiger partial charge on any atom is -0.311 e. The van der Waals surface area contributed by atoms with Gasteiger partial charge in [0, 0.05) is 51.2 Å². The molecule has 0 aromatic heterocycles. The molecule has 0 heterocycles. The highest BCUT2D eigenvalue weighted by Crippen LogP contribution is 2.40. The smallest absolute Gasteiger partial charge is 0.0462 e. The minimum atomic E-state index is 1.09. The standard InChI is InChI=1S/C53H45N.C50H41N.C44H35N/c1-44-19-18-30-50(43-44)29-17-16-28-49-35-41-53(42-36-49)54(51-37-31-47(32-38-51)26-10-4-2-8-20-45-22-12-6-13-23-45)52-39-33-48(34-40-52)27-11-5-3-9-21-46-24-14-7-15-25-46;1(8-18-42-20-12-5-13-21-42)3-10-26-45-30-36-48(37-31-45)51(50-40-34-47(35-41-50)29-28-44-24-16-7-17-25-44)49-38-32-46(33-39-49)27-11-4-2-9-19-43-22-14-6-15-23-43;1-4-12-36(13-5-1)18-10-11-19-39-24-30-42(31-25-39)45(43-32-26-40(27-33-43)22-20-37-14-6-2-7-15-37)44-34-28-41(29-35-44)23-21-38-16-8-3-9-17-38/h2-43H,1H3;1-41H;1-35H/b4-2+,5-3+,20-8+,21-9+,26-10+,27-11+,28-16+,29-17+;3-1+,4-2+,18-8+,19-9+,26-10+,27-11+,29-28+;18-10+,19-11+,22-20+,23-21+. The predicted octanol–water partition coefficient (Wildman–Crippen LogP) is 40.9. The summed E-state index contributed by atoms with van der Waals surface area (Å²) in [6.45, 7) is 2.12. The van der Waals surface area contributed by atoms with Crippen molar-refractivity contribution in [3.63, 3.8) is 0 Å². The van der Waals surface area contributed by atoms with Crippen LogP contribution < -0.4 is 14.7 Å². The first-order valence-electron chi connectivity index (χ1n) is 50.9. The van der Waals surface area contributed by atoms with Gasteiger partial charge in [0.25, 0.3) is 0 Å². The highest BCUT2D eigenvalue weighted by molar-refractivity contribution is 5.84. The summed E-state index contributed by atoms with van der Waals surface area (Å²) in [7, 11) is 0. The van der Waals surface area contributed by atoms with Gasteiger partial charge in [-0.3, -0.25) is 0 Å². The van der Waals surface area contributed by atoms with Gasteiger partial charge in [0.15, 0.2) is 0 Å². The van der Waals surface area contributed by atoms with Crippen LogP contribution in [0.15, 0.2) is 607 Å². The molecule has 0 atom stereocenters. The van der Waals surface area contributed by atoms with E-state index < -0.39 is 0 Å². The zero-order valence-corrected chi connectivity index (χ0v) is 84.5.